The molecule has 1 aromatic heterocycles. The second-order valence-corrected chi connectivity index (χ2v) is 5.55. The summed E-state index contributed by atoms with van der Waals surface area (Å²) in [4.78, 5) is 11.7. The van der Waals surface area contributed by atoms with Crippen LogP contribution < -0.4 is 5.56 Å². The van der Waals surface area contributed by atoms with Crippen LogP contribution in [-0.2, 0) is 10.8 Å². The van der Waals surface area contributed by atoms with E-state index in [1.54, 1.807) is 18.2 Å². The van der Waals surface area contributed by atoms with Gasteiger partial charge in [-0.25, -0.2) is 5.10 Å². The largest absolute Gasteiger partial charge is 0.268 e. The lowest BCUT2D eigenvalue weighted by Crippen LogP contribution is -2.05. The van der Waals surface area contributed by atoms with E-state index in [1.165, 1.54) is 6.07 Å². The van der Waals surface area contributed by atoms with Gasteiger partial charge in [0.25, 0.3) is 5.56 Å². The van der Waals surface area contributed by atoms with Crippen molar-refractivity contribution < 1.29 is 4.21 Å². The Labute approximate surface area is 119 Å². The highest BCUT2D eigenvalue weighted by Gasteiger charge is 2.00. The fourth-order valence-electron chi connectivity index (χ4n) is 1.56. The zero-order chi connectivity index (χ0) is 14.4. The standard InChI is InChI=1S/C15H14N2O2S/c1-2-11-20(19)14-8-4-12(5-9-14)3-6-13-7-10-15(18)17-16-13/h2-10H,1,11H2,(H,17,18). The molecule has 0 amide bonds. The van der Waals surface area contributed by atoms with E-state index in [2.05, 4.69) is 16.8 Å². The molecule has 0 aliphatic carbocycles. The van der Waals surface area contributed by atoms with Crippen LogP contribution in [0.1, 0.15) is 11.3 Å². The van der Waals surface area contributed by atoms with Crippen LogP contribution in [0.4, 0.5) is 0 Å². The van der Waals surface area contributed by atoms with Crippen molar-refractivity contribution in [1.82, 2.24) is 10.2 Å². The van der Waals surface area contributed by atoms with Gasteiger partial charge >= 0.3 is 0 Å². The molecule has 2 aromatic rings. The summed E-state index contributed by atoms with van der Waals surface area (Å²) in [5.74, 6) is 0.455. The number of rotatable bonds is 5. The summed E-state index contributed by atoms with van der Waals surface area (Å²) in [7, 11) is -1.03. The quantitative estimate of drug-likeness (QED) is 0.857. The highest BCUT2D eigenvalue weighted by Crippen LogP contribution is 2.11. The number of benzene rings is 1. The maximum Gasteiger partial charge on any atom is 0.264 e. The third kappa shape index (κ3) is 3.86. The van der Waals surface area contributed by atoms with Crippen molar-refractivity contribution in [1.29, 1.82) is 0 Å². The van der Waals surface area contributed by atoms with Gasteiger partial charge in [-0.2, -0.15) is 5.10 Å². The van der Waals surface area contributed by atoms with Gasteiger partial charge in [0.05, 0.1) is 16.5 Å². The fourth-order valence-corrected chi connectivity index (χ4v) is 2.41. The Bertz CT molecular complexity index is 682. The summed E-state index contributed by atoms with van der Waals surface area (Å²) in [6.07, 6.45) is 5.32. The van der Waals surface area contributed by atoms with E-state index in [9.17, 15) is 9.00 Å². The van der Waals surface area contributed by atoms with Crippen LogP contribution in [0.2, 0.25) is 0 Å². The monoisotopic (exact) mass is 286 g/mol. The zero-order valence-corrected chi connectivity index (χ0v) is 11.6. The summed E-state index contributed by atoms with van der Waals surface area (Å²) in [5.41, 5.74) is 1.41. The number of aromatic nitrogens is 2. The van der Waals surface area contributed by atoms with Gasteiger partial charge in [0.2, 0.25) is 0 Å². The van der Waals surface area contributed by atoms with Gasteiger partial charge in [-0.3, -0.25) is 9.00 Å². The normalized spacial score (nSPS) is 12.4. The highest BCUT2D eigenvalue weighted by atomic mass is 32.2. The second kappa shape index (κ2) is 6.77. The van der Waals surface area contributed by atoms with Crippen LogP contribution in [0.15, 0.2) is 58.7 Å². The zero-order valence-electron chi connectivity index (χ0n) is 10.8. The number of hydrogen-bond donors (Lipinski definition) is 1. The molecule has 1 atom stereocenters. The van der Waals surface area contributed by atoms with E-state index >= 15 is 0 Å². The lowest BCUT2D eigenvalue weighted by atomic mass is 10.2. The molecule has 5 heteroatoms. The van der Waals surface area contributed by atoms with E-state index in [4.69, 9.17) is 0 Å². The molecule has 1 N–H and O–H groups in total. The van der Waals surface area contributed by atoms with Gasteiger partial charge in [-0.1, -0.05) is 24.3 Å². The van der Waals surface area contributed by atoms with Crippen molar-refractivity contribution in [3.05, 3.63) is 70.7 Å². The van der Waals surface area contributed by atoms with Crippen molar-refractivity contribution in [2.45, 2.75) is 4.90 Å². The fraction of sp³-hybridized carbons (Fsp3) is 0.0667. The molecule has 1 unspecified atom stereocenters. The molecule has 0 bridgehead atoms. The molecule has 1 aromatic carbocycles. The minimum absolute atomic E-state index is 0.226. The maximum absolute atomic E-state index is 11.7. The summed E-state index contributed by atoms with van der Waals surface area (Å²) < 4.78 is 11.7. The van der Waals surface area contributed by atoms with Crippen LogP contribution in [-0.4, -0.2) is 20.2 Å². The Morgan fingerprint density at radius 3 is 2.50 bits per heavy atom. The molecule has 1 heterocycles. The van der Waals surface area contributed by atoms with Crippen LogP contribution in [0.5, 0.6) is 0 Å². The molecule has 4 nitrogen and oxygen atoms in total. The van der Waals surface area contributed by atoms with E-state index in [0.29, 0.717) is 11.4 Å². The van der Waals surface area contributed by atoms with Crippen LogP contribution >= 0.6 is 0 Å². The Kier molecular flexibility index (Phi) is 4.79. The molecular weight excluding hydrogens is 272 g/mol. The topological polar surface area (TPSA) is 62.8 Å². The van der Waals surface area contributed by atoms with Crippen molar-refractivity contribution in [3.63, 3.8) is 0 Å². The Hall–Kier alpha value is -2.27. The molecule has 0 fully saturated rings. The minimum Gasteiger partial charge on any atom is -0.268 e. The van der Waals surface area contributed by atoms with Crippen LogP contribution in [0.3, 0.4) is 0 Å². The Morgan fingerprint density at radius 2 is 1.90 bits per heavy atom. The number of nitrogens with zero attached hydrogens (tertiary/aromatic N) is 1. The molecule has 102 valence electrons. The number of nitrogens with one attached hydrogen (secondary N) is 1. The lowest BCUT2D eigenvalue weighted by molar-refractivity contribution is 0.685. The molecule has 0 radical (unpaired) electrons. The summed E-state index contributed by atoms with van der Waals surface area (Å²) in [6.45, 7) is 3.58. The Balaban J connectivity index is 2.10. The average molecular weight is 286 g/mol. The molecule has 0 aliphatic rings. The first kappa shape index (κ1) is 14.1. The van der Waals surface area contributed by atoms with Crippen molar-refractivity contribution in [3.8, 4) is 0 Å². The predicted octanol–water partition coefficient (Wildman–Crippen LogP) is 2.23. The summed E-state index contributed by atoms with van der Waals surface area (Å²) >= 11 is 0. The molecule has 0 aliphatic heterocycles. The summed E-state index contributed by atoms with van der Waals surface area (Å²) in [6, 6.07) is 10.5. The third-order valence-corrected chi connectivity index (χ3v) is 3.90. The van der Waals surface area contributed by atoms with E-state index < -0.39 is 10.8 Å². The average Bonchev–Trinajstić information content (AvgIpc) is 2.47. The lowest BCUT2D eigenvalue weighted by Gasteiger charge is -1.99. The van der Waals surface area contributed by atoms with Gasteiger partial charge < -0.3 is 0 Å². The number of H-pyrrole nitrogens is 1. The molecule has 2 rings (SSSR count). The van der Waals surface area contributed by atoms with Crippen LogP contribution in [0, 0.1) is 0 Å². The molecule has 20 heavy (non-hydrogen) atoms. The number of hydrogen-bond acceptors (Lipinski definition) is 3. The predicted molar refractivity (Wildman–Crippen MR) is 81.7 cm³/mol. The Morgan fingerprint density at radius 1 is 1.15 bits per heavy atom. The highest BCUT2D eigenvalue weighted by molar-refractivity contribution is 7.85. The third-order valence-electron chi connectivity index (χ3n) is 2.56. The molecule has 0 saturated carbocycles. The first-order chi connectivity index (χ1) is 9.69. The molecule has 0 saturated heterocycles. The van der Waals surface area contributed by atoms with Crippen LogP contribution in [0.25, 0.3) is 12.2 Å². The number of aromatic amines is 1. The van der Waals surface area contributed by atoms with Gasteiger partial charge in [0, 0.05) is 16.7 Å². The van der Waals surface area contributed by atoms with Crippen molar-refractivity contribution >= 4 is 23.0 Å². The van der Waals surface area contributed by atoms with Gasteiger partial charge in [0.1, 0.15) is 0 Å². The second-order valence-electron chi connectivity index (χ2n) is 4.05. The van der Waals surface area contributed by atoms with E-state index in [-0.39, 0.29) is 5.56 Å². The van der Waals surface area contributed by atoms with E-state index in [0.717, 1.165) is 10.5 Å². The first-order valence-corrected chi connectivity index (χ1v) is 7.34. The smallest absolute Gasteiger partial charge is 0.264 e. The van der Waals surface area contributed by atoms with Gasteiger partial charge in [0.15, 0.2) is 0 Å². The maximum atomic E-state index is 11.7. The van der Waals surface area contributed by atoms with Crippen molar-refractivity contribution in [2.24, 2.45) is 0 Å². The van der Waals surface area contributed by atoms with Gasteiger partial charge in [-0.15, -0.1) is 6.58 Å². The molecular formula is C15H14N2O2S. The first-order valence-electron chi connectivity index (χ1n) is 6.02. The molecule has 0 spiro atoms. The van der Waals surface area contributed by atoms with Gasteiger partial charge in [-0.05, 0) is 29.8 Å². The van der Waals surface area contributed by atoms with Crippen molar-refractivity contribution in [2.75, 3.05) is 5.75 Å². The minimum atomic E-state index is -1.03. The SMILES string of the molecule is C=CCS(=O)c1ccc(C=Cc2ccc(=O)[nH]n2)cc1. The van der Waals surface area contributed by atoms with E-state index in [1.807, 2.05) is 30.3 Å². The summed E-state index contributed by atoms with van der Waals surface area (Å²) in [5, 5.41) is 6.25.